The van der Waals surface area contributed by atoms with Crippen LogP contribution in [0.1, 0.15) is 12.0 Å². The zero-order valence-electron chi connectivity index (χ0n) is 18.4. The van der Waals surface area contributed by atoms with Gasteiger partial charge in [0.25, 0.3) is 0 Å². The molecule has 1 aliphatic rings. The van der Waals surface area contributed by atoms with E-state index in [0.29, 0.717) is 29.4 Å². The number of aliphatic hydroxyl groups excluding tert-OH is 1. The van der Waals surface area contributed by atoms with Crippen molar-refractivity contribution < 1.29 is 23.7 Å². The number of benzene rings is 2. The van der Waals surface area contributed by atoms with Gasteiger partial charge in [0, 0.05) is 32.7 Å². The van der Waals surface area contributed by atoms with Crippen molar-refractivity contribution in [1.82, 2.24) is 4.90 Å². The van der Waals surface area contributed by atoms with Gasteiger partial charge in [-0.3, -0.25) is 4.90 Å². The summed E-state index contributed by atoms with van der Waals surface area (Å²) in [6, 6.07) is 10.6. The third kappa shape index (κ3) is 5.89. The fourth-order valence-corrected chi connectivity index (χ4v) is 3.75. The molecular weight excluding hydrogens is 399 g/mol. The van der Waals surface area contributed by atoms with Crippen LogP contribution in [0.2, 0.25) is 0 Å². The lowest BCUT2D eigenvalue weighted by Gasteiger charge is -2.36. The monoisotopic (exact) mass is 430 g/mol. The normalized spacial score (nSPS) is 15.8. The van der Waals surface area contributed by atoms with Crippen LogP contribution < -0.4 is 19.1 Å². The number of halogens is 1. The molecule has 2 aromatic rings. The molecule has 0 radical (unpaired) electrons. The van der Waals surface area contributed by atoms with E-state index >= 15 is 0 Å². The van der Waals surface area contributed by atoms with Crippen LogP contribution in [0.15, 0.2) is 42.5 Å². The van der Waals surface area contributed by atoms with E-state index in [4.69, 9.17) is 14.2 Å². The van der Waals surface area contributed by atoms with E-state index in [1.54, 1.807) is 33.5 Å². The highest BCUT2D eigenvalue weighted by Crippen LogP contribution is 2.38. The maximum absolute atomic E-state index is 14.0. The molecule has 0 saturated carbocycles. The molecule has 6 nitrogen and oxygen atoms in total. The van der Waals surface area contributed by atoms with Crippen LogP contribution in [-0.4, -0.2) is 70.2 Å². The number of piperazine rings is 1. The summed E-state index contributed by atoms with van der Waals surface area (Å²) in [5.41, 5.74) is 1.52. The number of ether oxygens (including phenoxy) is 3. The number of methoxy groups -OCH3 is 3. The van der Waals surface area contributed by atoms with Crippen LogP contribution >= 0.6 is 0 Å². The molecule has 1 aliphatic heterocycles. The number of hydrogen-bond acceptors (Lipinski definition) is 6. The summed E-state index contributed by atoms with van der Waals surface area (Å²) >= 11 is 0. The number of hydrogen-bond donors (Lipinski definition) is 1. The van der Waals surface area contributed by atoms with E-state index in [1.165, 1.54) is 6.07 Å². The molecule has 1 heterocycles. The van der Waals surface area contributed by atoms with Crippen molar-refractivity contribution in [2.45, 2.75) is 12.5 Å². The van der Waals surface area contributed by atoms with E-state index in [1.807, 2.05) is 30.3 Å². The molecule has 0 bridgehead atoms. The Morgan fingerprint density at radius 1 is 1.00 bits per heavy atom. The lowest BCUT2D eigenvalue weighted by molar-refractivity contribution is 0.173. The second kappa shape index (κ2) is 11.0. The largest absolute Gasteiger partial charge is 0.493 e. The van der Waals surface area contributed by atoms with Crippen molar-refractivity contribution in [3.63, 3.8) is 0 Å². The topological polar surface area (TPSA) is 54.4 Å². The van der Waals surface area contributed by atoms with Gasteiger partial charge in [-0.05, 0) is 36.2 Å². The molecule has 168 valence electrons. The Bertz CT molecular complexity index is 857. The van der Waals surface area contributed by atoms with E-state index in [-0.39, 0.29) is 5.82 Å². The molecule has 0 amide bonds. The van der Waals surface area contributed by atoms with Gasteiger partial charge >= 0.3 is 0 Å². The predicted octanol–water partition coefficient (Wildman–Crippen LogP) is 3.44. The zero-order chi connectivity index (χ0) is 22.2. The minimum absolute atomic E-state index is 0.177. The van der Waals surface area contributed by atoms with Crippen LogP contribution in [0.25, 0.3) is 6.08 Å². The second-order valence-electron chi connectivity index (χ2n) is 7.45. The van der Waals surface area contributed by atoms with E-state index in [9.17, 15) is 9.50 Å². The van der Waals surface area contributed by atoms with Crippen molar-refractivity contribution in [3.05, 3.63) is 53.9 Å². The van der Waals surface area contributed by atoms with E-state index in [2.05, 4.69) is 9.80 Å². The number of aliphatic hydroxyl groups is 1. The maximum atomic E-state index is 14.0. The Morgan fingerprint density at radius 3 is 2.23 bits per heavy atom. The summed E-state index contributed by atoms with van der Waals surface area (Å²) in [5.74, 6) is 1.51. The summed E-state index contributed by atoms with van der Waals surface area (Å²) in [6.07, 6.45) is 3.69. The van der Waals surface area contributed by atoms with Gasteiger partial charge in [-0.25, -0.2) is 4.39 Å². The number of para-hydroxylation sites is 1. The fourth-order valence-electron chi connectivity index (χ4n) is 3.75. The van der Waals surface area contributed by atoms with Gasteiger partial charge < -0.3 is 24.2 Å². The Hall–Kier alpha value is -2.77. The summed E-state index contributed by atoms with van der Waals surface area (Å²) in [7, 11) is 4.72. The summed E-state index contributed by atoms with van der Waals surface area (Å²) in [6.45, 7) is 4.03. The second-order valence-corrected chi connectivity index (χ2v) is 7.45. The highest BCUT2D eigenvalue weighted by molar-refractivity contribution is 5.62. The molecule has 0 spiro atoms. The average Bonchev–Trinajstić information content (AvgIpc) is 2.81. The fraction of sp³-hybridized carbons (Fsp3) is 0.417. The first-order valence-electron chi connectivity index (χ1n) is 10.4. The molecule has 31 heavy (non-hydrogen) atoms. The third-order valence-corrected chi connectivity index (χ3v) is 5.50. The molecule has 1 fully saturated rings. The van der Waals surface area contributed by atoms with Crippen molar-refractivity contribution in [2.75, 3.05) is 59.0 Å². The SMILES string of the molecule is COc1cc(/C=C/C(O)CCN2CCN(c3ccccc3F)CC2)cc(OC)c1OC. The first kappa shape index (κ1) is 22.9. The number of rotatable bonds is 9. The standard InChI is InChI=1S/C24H31FN2O4/c1-29-22-16-18(17-23(30-2)24(22)31-3)8-9-19(28)10-11-26-12-14-27(15-13-26)21-7-5-4-6-20(21)25/h4-9,16-17,19,28H,10-15H2,1-3H3/b9-8+. The Labute approximate surface area is 183 Å². The smallest absolute Gasteiger partial charge is 0.203 e. The Balaban J connectivity index is 1.50. The van der Waals surface area contributed by atoms with Crippen molar-refractivity contribution in [1.29, 1.82) is 0 Å². The van der Waals surface area contributed by atoms with Gasteiger partial charge in [0.1, 0.15) is 5.82 Å². The summed E-state index contributed by atoms with van der Waals surface area (Å²) in [5, 5.41) is 10.4. The van der Waals surface area contributed by atoms with Crippen molar-refractivity contribution >= 4 is 11.8 Å². The quantitative estimate of drug-likeness (QED) is 0.658. The lowest BCUT2D eigenvalue weighted by Crippen LogP contribution is -2.47. The zero-order valence-corrected chi connectivity index (χ0v) is 18.4. The van der Waals surface area contributed by atoms with Gasteiger partial charge in [0.15, 0.2) is 11.5 Å². The highest BCUT2D eigenvalue weighted by atomic mass is 19.1. The summed E-state index contributed by atoms with van der Waals surface area (Å²) < 4.78 is 30.0. The van der Waals surface area contributed by atoms with Crippen LogP contribution in [0, 0.1) is 5.82 Å². The molecular formula is C24H31FN2O4. The first-order chi connectivity index (χ1) is 15.0. The number of anilines is 1. The van der Waals surface area contributed by atoms with Crippen LogP contribution in [0.5, 0.6) is 17.2 Å². The minimum atomic E-state index is -0.566. The Morgan fingerprint density at radius 2 is 1.65 bits per heavy atom. The minimum Gasteiger partial charge on any atom is -0.493 e. The van der Waals surface area contributed by atoms with Gasteiger partial charge in [0.2, 0.25) is 5.75 Å². The predicted molar refractivity (Wildman–Crippen MR) is 121 cm³/mol. The van der Waals surface area contributed by atoms with Crippen molar-refractivity contribution in [3.8, 4) is 17.2 Å². The van der Waals surface area contributed by atoms with Gasteiger partial charge in [0.05, 0.1) is 33.1 Å². The first-order valence-corrected chi connectivity index (χ1v) is 10.4. The highest BCUT2D eigenvalue weighted by Gasteiger charge is 2.19. The molecule has 3 rings (SSSR count). The van der Waals surface area contributed by atoms with Gasteiger partial charge in [-0.15, -0.1) is 0 Å². The van der Waals surface area contributed by atoms with E-state index in [0.717, 1.165) is 38.3 Å². The van der Waals surface area contributed by atoms with Crippen LogP contribution in [0.4, 0.5) is 10.1 Å². The van der Waals surface area contributed by atoms with Crippen molar-refractivity contribution in [2.24, 2.45) is 0 Å². The average molecular weight is 431 g/mol. The molecule has 0 aliphatic carbocycles. The number of nitrogens with zero attached hydrogens (tertiary/aromatic N) is 2. The van der Waals surface area contributed by atoms with Crippen LogP contribution in [0.3, 0.4) is 0 Å². The van der Waals surface area contributed by atoms with E-state index < -0.39 is 6.10 Å². The molecule has 0 aromatic heterocycles. The molecule has 2 aromatic carbocycles. The molecule has 7 heteroatoms. The molecule has 1 unspecified atom stereocenters. The third-order valence-electron chi connectivity index (χ3n) is 5.50. The van der Waals surface area contributed by atoms with Crippen LogP contribution in [-0.2, 0) is 0 Å². The Kier molecular flexibility index (Phi) is 8.14. The lowest BCUT2D eigenvalue weighted by atomic mass is 10.1. The maximum Gasteiger partial charge on any atom is 0.203 e. The van der Waals surface area contributed by atoms with Gasteiger partial charge in [-0.1, -0.05) is 24.3 Å². The molecule has 1 atom stereocenters. The molecule has 1 N–H and O–H groups in total. The molecule has 1 saturated heterocycles. The summed E-state index contributed by atoms with van der Waals surface area (Å²) in [4.78, 5) is 4.38. The van der Waals surface area contributed by atoms with Gasteiger partial charge in [-0.2, -0.15) is 0 Å².